The average molecular weight is 382 g/mol. The minimum Gasteiger partial charge on any atom is -0.341 e. The van der Waals surface area contributed by atoms with Crippen LogP contribution in [0.4, 0.5) is 0 Å². The molecule has 2 aromatic rings. The van der Waals surface area contributed by atoms with Crippen molar-refractivity contribution in [3.05, 3.63) is 68.0 Å². The summed E-state index contributed by atoms with van der Waals surface area (Å²) in [5.74, 6) is 0.417. The number of aromatic amines is 2. The van der Waals surface area contributed by atoms with Crippen LogP contribution in [0.1, 0.15) is 29.7 Å². The zero-order valence-corrected chi connectivity index (χ0v) is 16.1. The lowest BCUT2D eigenvalue weighted by Crippen LogP contribution is -2.44. The van der Waals surface area contributed by atoms with E-state index in [9.17, 15) is 14.4 Å². The van der Waals surface area contributed by atoms with Crippen molar-refractivity contribution in [3.63, 3.8) is 0 Å². The van der Waals surface area contributed by atoms with E-state index in [4.69, 9.17) is 0 Å². The van der Waals surface area contributed by atoms with Gasteiger partial charge in [0.15, 0.2) is 0 Å². The van der Waals surface area contributed by atoms with Crippen LogP contribution in [-0.2, 0) is 17.8 Å². The lowest BCUT2D eigenvalue weighted by molar-refractivity contribution is -0.130. The van der Waals surface area contributed by atoms with Crippen molar-refractivity contribution in [2.45, 2.75) is 38.8 Å². The summed E-state index contributed by atoms with van der Waals surface area (Å²) in [6.45, 7) is 5.00. The Morgan fingerprint density at radius 2 is 1.86 bits per heavy atom. The van der Waals surface area contributed by atoms with Gasteiger partial charge in [-0.2, -0.15) is 0 Å². The Bertz CT molecular complexity index is 966. The normalized spacial score (nSPS) is 22.2. The second-order valence-corrected chi connectivity index (χ2v) is 8.00. The summed E-state index contributed by atoms with van der Waals surface area (Å²) in [6.07, 6.45) is 2.26. The largest absolute Gasteiger partial charge is 0.341 e. The molecule has 148 valence electrons. The number of nitrogens with zero attached hydrogens (tertiary/aromatic N) is 2. The van der Waals surface area contributed by atoms with E-state index in [1.807, 2.05) is 11.0 Å². The summed E-state index contributed by atoms with van der Waals surface area (Å²) in [5, 5.41) is 0. The van der Waals surface area contributed by atoms with Gasteiger partial charge >= 0.3 is 5.69 Å². The predicted octanol–water partition coefficient (Wildman–Crippen LogP) is 1.04. The maximum Gasteiger partial charge on any atom is 0.325 e. The van der Waals surface area contributed by atoms with Gasteiger partial charge in [0.05, 0.1) is 6.42 Å². The molecule has 7 heteroatoms. The average Bonchev–Trinajstić information content (AvgIpc) is 2.97. The van der Waals surface area contributed by atoms with Crippen molar-refractivity contribution in [2.75, 3.05) is 19.6 Å². The highest BCUT2D eigenvalue weighted by Crippen LogP contribution is 2.29. The third-order valence-corrected chi connectivity index (χ3v) is 5.99. The number of carbonyl (C=O) groups excluding carboxylic acids is 1. The number of nitrogens with one attached hydrogen (secondary N) is 2. The minimum atomic E-state index is -0.539. The van der Waals surface area contributed by atoms with E-state index in [0.717, 1.165) is 32.5 Å². The molecule has 28 heavy (non-hydrogen) atoms. The molecule has 7 nitrogen and oxygen atoms in total. The monoisotopic (exact) mass is 382 g/mol. The highest BCUT2D eigenvalue weighted by atomic mass is 16.2. The number of fused-ring (bicyclic) bond motifs is 4. The molecule has 2 N–H and O–H groups in total. The van der Waals surface area contributed by atoms with Gasteiger partial charge in [0.1, 0.15) is 0 Å². The summed E-state index contributed by atoms with van der Waals surface area (Å²) in [5.41, 5.74) is 1.09. The molecule has 1 amide bonds. The SMILES string of the molecule is Cc1[nH]c(=O)[nH]c(=O)c1CC(=O)N1C[C@H]2CC[C@@H](C1)N(Cc1ccccc1)C2. The molecule has 5 rings (SSSR count). The molecule has 3 fully saturated rings. The van der Waals surface area contributed by atoms with Crippen molar-refractivity contribution in [1.82, 2.24) is 19.8 Å². The Balaban J connectivity index is 1.48. The number of benzene rings is 1. The molecule has 0 aliphatic carbocycles. The first-order valence-corrected chi connectivity index (χ1v) is 9.87. The highest BCUT2D eigenvalue weighted by Gasteiger charge is 2.36. The molecule has 0 spiro atoms. The van der Waals surface area contributed by atoms with Crippen molar-refractivity contribution in [2.24, 2.45) is 5.92 Å². The molecule has 0 radical (unpaired) electrons. The van der Waals surface area contributed by atoms with Gasteiger partial charge in [0.2, 0.25) is 5.91 Å². The lowest BCUT2D eigenvalue weighted by Gasteiger charge is -2.36. The zero-order chi connectivity index (χ0) is 19.7. The van der Waals surface area contributed by atoms with Crippen molar-refractivity contribution < 1.29 is 4.79 Å². The fourth-order valence-electron chi connectivity index (χ4n) is 4.50. The van der Waals surface area contributed by atoms with Gasteiger partial charge in [-0.05, 0) is 31.2 Å². The van der Waals surface area contributed by atoms with Gasteiger partial charge < -0.3 is 9.88 Å². The Morgan fingerprint density at radius 3 is 2.61 bits per heavy atom. The van der Waals surface area contributed by atoms with Crippen LogP contribution in [0, 0.1) is 12.8 Å². The second kappa shape index (κ2) is 7.75. The van der Waals surface area contributed by atoms with E-state index in [1.165, 1.54) is 5.56 Å². The van der Waals surface area contributed by atoms with Crippen molar-refractivity contribution in [3.8, 4) is 0 Å². The smallest absolute Gasteiger partial charge is 0.325 e. The first-order valence-electron chi connectivity index (χ1n) is 9.87. The van der Waals surface area contributed by atoms with E-state index < -0.39 is 11.2 Å². The molecule has 4 heterocycles. The van der Waals surface area contributed by atoms with Crippen molar-refractivity contribution in [1.29, 1.82) is 0 Å². The first-order chi connectivity index (χ1) is 13.5. The summed E-state index contributed by atoms with van der Waals surface area (Å²) < 4.78 is 0. The Labute approximate surface area is 163 Å². The third kappa shape index (κ3) is 3.94. The molecule has 2 bridgehead atoms. The Morgan fingerprint density at radius 1 is 1.07 bits per heavy atom. The van der Waals surface area contributed by atoms with E-state index in [2.05, 4.69) is 39.1 Å². The van der Waals surface area contributed by atoms with Crippen LogP contribution in [0.15, 0.2) is 39.9 Å². The number of H-pyrrole nitrogens is 2. The number of aryl methyl sites for hydroxylation is 1. The summed E-state index contributed by atoms with van der Waals surface area (Å²) in [7, 11) is 0. The third-order valence-electron chi connectivity index (χ3n) is 5.99. The zero-order valence-electron chi connectivity index (χ0n) is 16.1. The molecule has 1 aromatic carbocycles. The van der Waals surface area contributed by atoms with Gasteiger partial charge in [-0.25, -0.2) is 4.79 Å². The maximum atomic E-state index is 13.0. The topological polar surface area (TPSA) is 89.3 Å². The number of hydrogen-bond acceptors (Lipinski definition) is 4. The number of amides is 1. The summed E-state index contributed by atoms with van der Waals surface area (Å²) in [6, 6.07) is 10.8. The quantitative estimate of drug-likeness (QED) is 0.827. The first kappa shape index (κ1) is 18.7. The molecule has 3 aliphatic rings. The minimum absolute atomic E-state index is 0.0239. The number of hydrogen-bond donors (Lipinski definition) is 2. The lowest BCUT2D eigenvalue weighted by atomic mass is 9.94. The molecule has 2 atom stereocenters. The molecule has 3 saturated heterocycles. The van der Waals surface area contributed by atoms with E-state index in [1.54, 1.807) is 6.92 Å². The van der Waals surface area contributed by atoms with Crippen LogP contribution in [0.25, 0.3) is 0 Å². The van der Waals surface area contributed by atoms with Crippen LogP contribution in [0.2, 0.25) is 0 Å². The van der Waals surface area contributed by atoms with Gasteiger partial charge in [-0.3, -0.25) is 19.5 Å². The van der Waals surface area contributed by atoms with Gasteiger partial charge in [0, 0.05) is 43.5 Å². The van der Waals surface area contributed by atoms with E-state index >= 15 is 0 Å². The number of aromatic nitrogens is 2. The molecule has 1 aromatic heterocycles. The van der Waals surface area contributed by atoms with Crippen LogP contribution < -0.4 is 11.2 Å². The molecule has 3 aliphatic heterocycles. The van der Waals surface area contributed by atoms with Crippen molar-refractivity contribution >= 4 is 5.91 Å². The van der Waals surface area contributed by atoms with E-state index in [-0.39, 0.29) is 12.3 Å². The number of carbonyl (C=O) groups is 1. The molecule has 0 unspecified atom stereocenters. The highest BCUT2D eigenvalue weighted by molar-refractivity contribution is 5.79. The standard InChI is InChI=1S/C21H26N4O3/c1-14-18(20(27)23-21(28)22-14)9-19(26)25-12-16-7-8-17(13-25)24(11-16)10-15-5-3-2-4-6-15/h2-6,16-17H,7-13H2,1H3,(H2,22,23,27,28)/t16-,17-/m0/s1. The van der Waals surface area contributed by atoms with Crippen LogP contribution >= 0.6 is 0 Å². The summed E-state index contributed by atoms with van der Waals surface area (Å²) in [4.78, 5) is 45.6. The van der Waals surface area contributed by atoms with Gasteiger partial charge in [-0.15, -0.1) is 0 Å². The number of rotatable bonds is 4. The predicted molar refractivity (Wildman–Crippen MR) is 106 cm³/mol. The Hall–Kier alpha value is -2.67. The maximum absolute atomic E-state index is 13.0. The second-order valence-electron chi connectivity index (χ2n) is 8.00. The fraction of sp³-hybridized carbons (Fsp3) is 0.476. The van der Waals surface area contributed by atoms with Crippen LogP contribution in [0.5, 0.6) is 0 Å². The number of piperidine rings is 1. The van der Waals surface area contributed by atoms with Crippen LogP contribution in [-0.4, -0.2) is 51.4 Å². The van der Waals surface area contributed by atoms with E-state index in [0.29, 0.717) is 29.8 Å². The van der Waals surface area contributed by atoms with Gasteiger partial charge in [-0.1, -0.05) is 30.3 Å². The fourth-order valence-corrected chi connectivity index (χ4v) is 4.50. The summed E-state index contributed by atoms with van der Waals surface area (Å²) >= 11 is 0. The molecular formula is C21H26N4O3. The Kier molecular flexibility index (Phi) is 5.17. The van der Waals surface area contributed by atoms with Crippen LogP contribution in [0.3, 0.4) is 0 Å². The van der Waals surface area contributed by atoms with Gasteiger partial charge in [0.25, 0.3) is 5.56 Å². The molecular weight excluding hydrogens is 356 g/mol. The molecule has 0 saturated carbocycles.